The number of aromatic nitrogens is 2. The molecule has 106 valence electrons. The first-order valence-corrected chi connectivity index (χ1v) is 6.59. The van der Waals surface area contributed by atoms with E-state index in [1.165, 1.54) is 6.26 Å². The van der Waals surface area contributed by atoms with Gasteiger partial charge in [0.25, 0.3) is 5.91 Å². The first-order chi connectivity index (χ1) is 9.78. The van der Waals surface area contributed by atoms with Crippen LogP contribution in [-0.2, 0) is 17.8 Å². The summed E-state index contributed by atoms with van der Waals surface area (Å²) in [6, 6.07) is 3.41. The van der Waals surface area contributed by atoms with Crippen LogP contribution in [-0.4, -0.2) is 40.6 Å². The van der Waals surface area contributed by atoms with Gasteiger partial charge in [-0.25, -0.2) is 4.98 Å². The Hall–Kier alpha value is -2.08. The third-order valence-electron chi connectivity index (χ3n) is 3.49. The van der Waals surface area contributed by atoms with Gasteiger partial charge in [0.2, 0.25) is 0 Å². The quantitative estimate of drug-likeness (QED) is 0.849. The highest BCUT2D eigenvalue weighted by atomic mass is 16.5. The lowest BCUT2D eigenvalue weighted by atomic mass is 10.1. The summed E-state index contributed by atoms with van der Waals surface area (Å²) in [6.07, 6.45) is 5.22. The van der Waals surface area contributed by atoms with Gasteiger partial charge in [-0.15, -0.1) is 0 Å². The Morgan fingerprint density at radius 2 is 2.45 bits per heavy atom. The van der Waals surface area contributed by atoms with Gasteiger partial charge in [0.1, 0.15) is 5.82 Å². The number of fused-ring (bicyclic) bond motifs is 1. The predicted octanol–water partition coefficient (Wildman–Crippen LogP) is 1.39. The molecule has 6 nitrogen and oxygen atoms in total. The summed E-state index contributed by atoms with van der Waals surface area (Å²) in [5, 5.41) is 0. The zero-order valence-electron chi connectivity index (χ0n) is 11.4. The number of ether oxygens (including phenoxy) is 1. The minimum absolute atomic E-state index is 0.104. The molecule has 0 bridgehead atoms. The Labute approximate surface area is 117 Å². The molecule has 0 aliphatic carbocycles. The molecule has 0 spiro atoms. The van der Waals surface area contributed by atoms with Crippen molar-refractivity contribution in [1.29, 1.82) is 0 Å². The van der Waals surface area contributed by atoms with Crippen molar-refractivity contribution in [2.24, 2.45) is 5.92 Å². The normalized spacial score (nSPS) is 18.6. The number of hydrogen-bond donors (Lipinski definition) is 0. The fourth-order valence-corrected chi connectivity index (χ4v) is 2.59. The number of carbonyl (C=O) groups excluding carboxylic acids is 1. The van der Waals surface area contributed by atoms with Crippen molar-refractivity contribution >= 4 is 5.91 Å². The monoisotopic (exact) mass is 275 g/mol. The van der Waals surface area contributed by atoms with Crippen molar-refractivity contribution in [3.05, 3.63) is 42.4 Å². The summed E-state index contributed by atoms with van der Waals surface area (Å²) in [5.41, 5.74) is 0. The molecule has 0 N–H and O–H groups in total. The smallest absolute Gasteiger partial charge is 0.289 e. The number of amides is 1. The van der Waals surface area contributed by atoms with E-state index in [2.05, 4.69) is 9.55 Å². The molecule has 2 aromatic rings. The van der Waals surface area contributed by atoms with Crippen LogP contribution in [0.4, 0.5) is 0 Å². The molecule has 0 radical (unpaired) electrons. The third kappa shape index (κ3) is 2.46. The van der Waals surface area contributed by atoms with Gasteiger partial charge >= 0.3 is 0 Å². The van der Waals surface area contributed by atoms with Crippen molar-refractivity contribution in [2.75, 3.05) is 20.3 Å². The van der Waals surface area contributed by atoms with Crippen molar-refractivity contribution in [3.8, 4) is 0 Å². The van der Waals surface area contributed by atoms with Gasteiger partial charge in [0.15, 0.2) is 5.76 Å². The number of imidazole rings is 1. The van der Waals surface area contributed by atoms with Crippen LogP contribution < -0.4 is 0 Å². The number of hydrogen-bond acceptors (Lipinski definition) is 4. The highest BCUT2D eigenvalue weighted by molar-refractivity contribution is 5.91. The van der Waals surface area contributed by atoms with Gasteiger partial charge in [-0.1, -0.05) is 0 Å². The van der Waals surface area contributed by atoms with E-state index in [1.807, 2.05) is 6.20 Å². The van der Waals surface area contributed by atoms with Gasteiger partial charge in [-0.3, -0.25) is 4.79 Å². The molecule has 1 amide bonds. The first-order valence-electron chi connectivity index (χ1n) is 6.59. The largest absolute Gasteiger partial charge is 0.459 e. The van der Waals surface area contributed by atoms with Crippen LogP contribution in [0, 0.1) is 5.92 Å². The molecule has 1 aliphatic rings. The fraction of sp³-hybridized carbons (Fsp3) is 0.429. The summed E-state index contributed by atoms with van der Waals surface area (Å²) in [5.74, 6) is 1.39. The third-order valence-corrected chi connectivity index (χ3v) is 3.49. The van der Waals surface area contributed by atoms with Crippen LogP contribution in [0.25, 0.3) is 0 Å². The van der Waals surface area contributed by atoms with E-state index in [9.17, 15) is 4.79 Å². The van der Waals surface area contributed by atoms with Crippen molar-refractivity contribution < 1.29 is 13.9 Å². The highest BCUT2D eigenvalue weighted by Gasteiger charge is 2.27. The maximum Gasteiger partial charge on any atom is 0.289 e. The van der Waals surface area contributed by atoms with Gasteiger partial charge in [-0.05, 0) is 12.1 Å². The molecule has 20 heavy (non-hydrogen) atoms. The molecule has 3 rings (SSSR count). The molecular weight excluding hydrogens is 258 g/mol. The second-order valence-corrected chi connectivity index (χ2v) is 4.98. The maximum absolute atomic E-state index is 12.4. The lowest BCUT2D eigenvalue weighted by Gasteiger charge is -2.22. The number of furan rings is 1. The topological polar surface area (TPSA) is 60.5 Å². The zero-order chi connectivity index (χ0) is 13.9. The van der Waals surface area contributed by atoms with E-state index in [1.54, 1.807) is 30.3 Å². The molecule has 0 saturated heterocycles. The maximum atomic E-state index is 12.4. The average Bonchev–Trinajstić information content (AvgIpc) is 3.07. The number of carbonyl (C=O) groups is 1. The average molecular weight is 275 g/mol. The van der Waals surface area contributed by atoms with Gasteiger partial charge in [-0.2, -0.15) is 0 Å². The Bertz CT molecular complexity index is 576. The van der Waals surface area contributed by atoms with Crippen LogP contribution in [0.3, 0.4) is 0 Å². The molecule has 0 unspecified atom stereocenters. The first kappa shape index (κ1) is 12.9. The second kappa shape index (κ2) is 5.50. The Morgan fingerprint density at radius 1 is 1.55 bits per heavy atom. The van der Waals surface area contributed by atoms with Gasteiger partial charge in [0.05, 0.1) is 19.4 Å². The van der Waals surface area contributed by atoms with E-state index in [-0.39, 0.29) is 11.8 Å². The summed E-state index contributed by atoms with van der Waals surface area (Å²) >= 11 is 0. The Morgan fingerprint density at radius 3 is 3.20 bits per heavy atom. The SMILES string of the molecule is COC[C@H]1CN(C(=O)c2ccco2)Cc2nccn2C1. The molecule has 2 aromatic heterocycles. The van der Waals surface area contributed by atoms with Crippen LogP contribution in [0.5, 0.6) is 0 Å². The molecule has 1 atom stereocenters. The van der Waals surface area contributed by atoms with E-state index < -0.39 is 0 Å². The molecule has 1 aliphatic heterocycles. The Kier molecular flexibility index (Phi) is 3.56. The lowest BCUT2D eigenvalue weighted by Crippen LogP contribution is -2.35. The van der Waals surface area contributed by atoms with Gasteiger partial charge < -0.3 is 18.6 Å². The van der Waals surface area contributed by atoms with Crippen LogP contribution in [0.1, 0.15) is 16.4 Å². The number of rotatable bonds is 3. The summed E-state index contributed by atoms with van der Waals surface area (Å²) < 4.78 is 12.5. The summed E-state index contributed by atoms with van der Waals surface area (Å²) in [4.78, 5) is 18.5. The molecule has 3 heterocycles. The second-order valence-electron chi connectivity index (χ2n) is 4.98. The lowest BCUT2D eigenvalue weighted by molar-refractivity contribution is 0.0636. The fourth-order valence-electron chi connectivity index (χ4n) is 2.59. The van der Waals surface area contributed by atoms with E-state index >= 15 is 0 Å². The molecule has 0 fully saturated rings. The Balaban J connectivity index is 1.85. The molecule has 6 heteroatoms. The van der Waals surface area contributed by atoms with E-state index in [4.69, 9.17) is 9.15 Å². The van der Waals surface area contributed by atoms with Crippen molar-refractivity contribution in [3.63, 3.8) is 0 Å². The van der Waals surface area contributed by atoms with Crippen LogP contribution in [0.15, 0.2) is 35.2 Å². The zero-order valence-corrected chi connectivity index (χ0v) is 11.4. The van der Waals surface area contributed by atoms with Crippen LogP contribution in [0.2, 0.25) is 0 Å². The molecular formula is C14H17N3O3. The van der Waals surface area contributed by atoms with E-state index in [0.29, 0.717) is 25.5 Å². The standard InChI is InChI=1S/C14H17N3O3/c1-19-10-11-7-16-5-4-15-13(16)9-17(8-11)14(18)12-3-2-6-20-12/h2-6,11H,7-10H2,1H3/t11-/m1/s1. The van der Waals surface area contributed by atoms with Gasteiger partial charge in [0, 0.05) is 38.5 Å². The van der Waals surface area contributed by atoms with E-state index in [0.717, 1.165) is 12.4 Å². The molecule has 0 aromatic carbocycles. The minimum Gasteiger partial charge on any atom is -0.459 e. The molecule has 0 saturated carbocycles. The van der Waals surface area contributed by atoms with Crippen LogP contribution >= 0.6 is 0 Å². The van der Waals surface area contributed by atoms with Crippen molar-refractivity contribution in [2.45, 2.75) is 13.1 Å². The summed E-state index contributed by atoms with van der Waals surface area (Å²) in [6.45, 7) is 2.55. The summed E-state index contributed by atoms with van der Waals surface area (Å²) in [7, 11) is 1.68. The number of nitrogens with zero attached hydrogens (tertiary/aromatic N) is 3. The number of methoxy groups -OCH3 is 1. The minimum atomic E-state index is -0.104. The highest BCUT2D eigenvalue weighted by Crippen LogP contribution is 2.18. The predicted molar refractivity (Wildman–Crippen MR) is 71.0 cm³/mol. The van der Waals surface area contributed by atoms with Crippen molar-refractivity contribution in [1.82, 2.24) is 14.5 Å².